The number of anilines is 3. The van der Waals surface area contributed by atoms with Gasteiger partial charge in [-0.25, -0.2) is 4.98 Å². The molecule has 1 aromatic carbocycles. The van der Waals surface area contributed by atoms with Crippen molar-refractivity contribution in [2.45, 2.75) is 6.42 Å². The number of hydrogen-bond donors (Lipinski definition) is 0. The fourth-order valence-corrected chi connectivity index (χ4v) is 3.88. The van der Waals surface area contributed by atoms with Crippen molar-refractivity contribution in [2.24, 2.45) is 0 Å². The fraction of sp³-hybridized carbons (Fsp3) is 0.286. The molecule has 1 amide bonds. The molecule has 1 saturated heterocycles. The fourth-order valence-electron chi connectivity index (χ4n) is 3.88. The van der Waals surface area contributed by atoms with Crippen molar-refractivity contribution in [3.63, 3.8) is 0 Å². The van der Waals surface area contributed by atoms with E-state index in [2.05, 4.69) is 39.0 Å². The highest BCUT2D eigenvalue weighted by Crippen LogP contribution is 2.33. The average Bonchev–Trinajstić information content (AvgIpc) is 3.44. The Balaban J connectivity index is 1.30. The number of amides is 1. The third kappa shape index (κ3) is 2.98. The van der Waals surface area contributed by atoms with Crippen molar-refractivity contribution < 1.29 is 9.21 Å². The minimum Gasteiger partial charge on any atom is -0.459 e. The Morgan fingerprint density at radius 1 is 0.964 bits per heavy atom. The first-order valence-electron chi connectivity index (χ1n) is 9.56. The van der Waals surface area contributed by atoms with Crippen LogP contribution in [0.25, 0.3) is 0 Å². The number of benzene rings is 1. The van der Waals surface area contributed by atoms with Gasteiger partial charge in [0.25, 0.3) is 5.91 Å². The molecule has 2 aliphatic rings. The van der Waals surface area contributed by atoms with E-state index in [4.69, 9.17) is 9.40 Å². The molecule has 0 unspecified atom stereocenters. The lowest BCUT2D eigenvalue weighted by Crippen LogP contribution is -2.49. The van der Waals surface area contributed by atoms with Crippen molar-refractivity contribution >= 4 is 23.4 Å². The molecule has 0 saturated carbocycles. The summed E-state index contributed by atoms with van der Waals surface area (Å²) in [5.74, 6) is 1.96. The van der Waals surface area contributed by atoms with Crippen molar-refractivity contribution in [1.29, 1.82) is 0 Å². The lowest BCUT2D eigenvalue weighted by molar-refractivity contribution is 0.0714. The first kappa shape index (κ1) is 16.8. The highest BCUT2D eigenvalue weighted by atomic mass is 16.3. The van der Waals surface area contributed by atoms with E-state index in [1.54, 1.807) is 12.1 Å². The van der Waals surface area contributed by atoms with Gasteiger partial charge < -0.3 is 19.1 Å². The molecule has 0 radical (unpaired) electrons. The van der Waals surface area contributed by atoms with E-state index in [1.807, 2.05) is 17.2 Å². The predicted octanol–water partition coefficient (Wildman–Crippen LogP) is 2.73. The Hall–Kier alpha value is -3.35. The van der Waals surface area contributed by atoms with Crippen molar-refractivity contribution in [3.05, 3.63) is 66.2 Å². The molecule has 3 aromatic rings. The van der Waals surface area contributed by atoms with E-state index >= 15 is 0 Å². The molecule has 5 rings (SSSR count). The maximum Gasteiger partial charge on any atom is 0.289 e. The van der Waals surface area contributed by atoms with Crippen LogP contribution in [0.5, 0.6) is 0 Å². The Labute approximate surface area is 163 Å². The molecular weight excluding hydrogens is 354 g/mol. The number of piperazine rings is 1. The van der Waals surface area contributed by atoms with Gasteiger partial charge in [0.1, 0.15) is 5.82 Å². The van der Waals surface area contributed by atoms with Gasteiger partial charge in [0.2, 0.25) is 5.95 Å². The van der Waals surface area contributed by atoms with Gasteiger partial charge in [-0.1, -0.05) is 18.2 Å². The third-order valence-corrected chi connectivity index (χ3v) is 5.37. The molecule has 2 aliphatic heterocycles. The van der Waals surface area contributed by atoms with Crippen LogP contribution in [0, 0.1) is 0 Å². The molecule has 0 atom stereocenters. The summed E-state index contributed by atoms with van der Waals surface area (Å²) in [4.78, 5) is 27.9. The first-order chi connectivity index (χ1) is 13.8. The number of carbonyl (C=O) groups is 1. The quantitative estimate of drug-likeness (QED) is 0.701. The number of aromatic nitrogens is 2. The van der Waals surface area contributed by atoms with Crippen LogP contribution in [0.2, 0.25) is 0 Å². The highest BCUT2D eigenvalue weighted by Gasteiger charge is 2.26. The predicted molar refractivity (Wildman–Crippen MR) is 106 cm³/mol. The summed E-state index contributed by atoms with van der Waals surface area (Å²) < 4.78 is 5.23. The average molecular weight is 375 g/mol. The number of hydrogen-bond acceptors (Lipinski definition) is 6. The zero-order valence-electron chi connectivity index (χ0n) is 15.5. The number of fused-ring (bicyclic) bond motifs is 1. The van der Waals surface area contributed by atoms with Crippen LogP contribution in [0.3, 0.4) is 0 Å². The van der Waals surface area contributed by atoms with E-state index in [0.717, 1.165) is 18.8 Å². The van der Waals surface area contributed by atoms with Gasteiger partial charge in [0.15, 0.2) is 5.76 Å². The number of furan rings is 1. The van der Waals surface area contributed by atoms with Crippen LogP contribution in [0.4, 0.5) is 17.5 Å². The molecule has 4 heterocycles. The molecule has 28 heavy (non-hydrogen) atoms. The molecule has 0 N–H and O–H groups in total. The Morgan fingerprint density at radius 3 is 2.64 bits per heavy atom. The zero-order valence-corrected chi connectivity index (χ0v) is 15.5. The second-order valence-corrected chi connectivity index (χ2v) is 7.00. The molecule has 7 heteroatoms. The number of rotatable bonds is 3. The van der Waals surface area contributed by atoms with Crippen LogP contribution in [-0.2, 0) is 6.42 Å². The van der Waals surface area contributed by atoms with E-state index in [9.17, 15) is 4.79 Å². The van der Waals surface area contributed by atoms with Gasteiger partial charge in [0, 0.05) is 44.6 Å². The number of para-hydroxylation sites is 1. The van der Waals surface area contributed by atoms with Gasteiger partial charge in [-0.15, -0.1) is 0 Å². The molecular formula is C21H21N5O2. The molecule has 2 aromatic heterocycles. The summed E-state index contributed by atoms with van der Waals surface area (Å²) in [5.41, 5.74) is 2.58. The zero-order chi connectivity index (χ0) is 18.9. The molecule has 7 nitrogen and oxygen atoms in total. The van der Waals surface area contributed by atoms with Crippen LogP contribution in [-0.4, -0.2) is 53.5 Å². The monoisotopic (exact) mass is 375 g/mol. The van der Waals surface area contributed by atoms with E-state index < -0.39 is 0 Å². The van der Waals surface area contributed by atoms with Gasteiger partial charge in [-0.3, -0.25) is 4.79 Å². The van der Waals surface area contributed by atoms with E-state index in [-0.39, 0.29) is 5.91 Å². The van der Waals surface area contributed by atoms with Crippen molar-refractivity contribution in [3.8, 4) is 0 Å². The second-order valence-electron chi connectivity index (χ2n) is 7.00. The SMILES string of the molecule is O=C(c1ccco1)N1CCN(c2nccc(N3CCc4ccccc43)n2)CC1. The van der Waals surface area contributed by atoms with Gasteiger partial charge in [-0.05, 0) is 36.2 Å². The Bertz CT molecular complexity index is 980. The van der Waals surface area contributed by atoms with Gasteiger partial charge in [-0.2, -0.15) is 4.98 Å². The van der Waals surface area contributed by atoms with Crippen molar-refractivity contribution in [1.82, 2.24) is 14.9 Å². The molecule has 1 fully saturated rings. The summed E-state index contributed by atoms with van der Waals surface area (Å²) >= 11 is 0. The van der Waals surface area contributed by atoms with Gasteiger partial charge in [0.05, 0.1) is 6.26 Å². The topological polar surface area (TPSA) is 65.7 Å². The first-order valence-corrected chi connectivity index (χ1v) is 9.56. The van der Waals surface area contributed by atoms with E-state index in [1.165, 1.54) is 17.5 Å². The molecule has 142 valence electrons. The third-order valence-electron chi connectivity index (χ3n) is 5.37. The van der Waals surface area contributed by atoms with Crippen LogP contribution >= 0.6 is 0 Å². The van der Waals surface area contributed by atoms with Crippen LogP contribution in [0.15, 0.2) is 59.3 Å². The Morgan fingerprint density at radius 2 is 1.82 bits per heavy atom. The highest BCUT2D eigenvalue weighted by molar-refractivity contribution is 5.91. The largest absolute Gasteiger partial charge is 0.459 e. The standard InChI is InChI=1S/C21H21N5O2/c27-20(18-6-3-15-28-18)24-11-13-25(14-12-24)21-22-9-7-19(23-21)26-10-8-16-4-1-2-5-17(16)26/h1-7,9,15H,8,10-14H2. The minimum absolute atomic E-state index is 0.0620. The van der Waals surface area contributed by atoms with E-state index in [0.29, 0.717) is 37.9 Å². The summed E-state index contributed by atoms with van der Waals surface area (Å²) in [6, 6.07) is 13.9. The van der Waals surface area contributed by atoms with Crippen LogP contribution < -0.4 is 9.80 Å². The summed E-state index contributed by atoms with van der Waals surface area (Å²) in [5, 5.41) is 0. The Kier molecular flexibility index (Phi) is 4.20. The minimum atomic E-state index is -0.0620. The smallest absolute Gasteiger partial charge is 0.289 e. The summed E-state index contributed by atoms with van der Waals surface area (Å²) in [6.45, 7) is 3.58. The van der Waals surface area contributed by atoms with Crippen molar-refractivity contribution in [2.75, 3.05) is 42.5 Å². The lowest BCUT2D eigenvalue weighted by Gasteiger charge is -2.34. The summed E-state index contributed by atoms with van der Waals surface area (Å²) in [7, 11) is 0. The molecule has 0 spiro atoms. The van der Waals surface area contributed by atoms with Crippen LogP contribution in [0.1, 0.15) is 16.1 Å². The van der Waals surface area contributed by atoms with Gasteiger partial charge >= 0.3 is 0 Å². The maximum atomic E-state index is 12.4. The normalized spacial score (nSPS) is 16.4. The number of nitrogens with zero attached hydrogens (tertiary/aromatic N) is 5. The summed E-state index contributed by atoms with van der Waals surface area (Å²) in [6.07, 6.45) is 4.38. The number of carbonyl (C=O) groups excluding carboxylic acids is 1. The molecule has 0 bridgehead atoms. The lowest BCUT2D eigenvalue weighted by atomic mass is 10.2. The molecule has 0 aliphatic carbocycles. The second kappa shape index (κ2) is 6.99. The maximum absolute atomic E-state index is 12.4.